The fourth-order valence-corrected chi connectivity index (χ4v) is 3.47. The number of ether oxygens (including phenoxy) is 1. The SMILES string of the molecule is O=C(NCCn1cc(Br)cn1)c1ccc(COc2c(Cl)cc(Cl)cc2Cl)o1. The topological polar surface area (TPSA) is 69.3 Å². The number of halogens is 4. The monoisotopic (exact) mass is 491 g/mol. The third-order valence-corrected chi connectivity index (χ3v) is 4.62. The van der Waals surface area contributed by atoms with Crippen LogP contribution in [0.25, 0.3) is 0 Å². The van der Waals surface area contributed by atoms with E-state index in [9.17, 15) is 4.79 Å². The van der Waals surface area contributed by atoms with Crippen LogP contribution in [-0.4, -0.2) is 22.2 Å². The quantitative estimate of drug-likeness (QED) is 0.491. The average molecular weight is 494 g/mol. The van der Waals surface area contributed by atoms with Gasteiger partial charge in [-0.3, -0.25) is 9.48 Å². The molecule has 27 heavy (non-hydrogen) atoms. The Morgan fingerprint density at radius 1 is 1.26 bits per heavy atom. The molecule has 10 heteroatoms. The largest absolute Gasteiger partial charge is 0.483 e. The molecule has 142 valence electrons. The summed E-state index contributed by atoms with van der Waals surface area (Å²) in [6.45, 7) is 1.02. The lowest BCUT2D eigenvalue weighted by Gasteiger charge is -2.09. The van der Waals surface area contributed by atoms with E-state index in [1.807, 2.05) is 6.20 Å². The van der Waals surface area contributed by atoms with Crippen LogP contribution in [-0.2, 0) is 13.2 Å². The Morgan fingerprint density at radius 3 is 2.67 bits per heavy atom. The van der Waals surface area contributed by atoms with Gasteiger partial charge in [-0.15, -0.1) is 0 Å². The minimum absolute atomic E-state index is 0.0651. The molecular formula is C17H13BrCl3N3O3. The molecular weight excluding hydrogens is 480 g/mol. The Bertz CT molecular complexity index is 935. The highest BCUT2D eigenvalue weighted by Gasteiger charge is 2.13. The van der Waals surface area contributed by atoms with E-state index in [0.29, 0.717) is 39.7 Å². The van der Waals surface area contributed by atoms with E-state index >= 15 is 0 Å². The van der Waals surface area contributed by atoms with Gasteiger partial charge in [0.05, 0.1) is 27.3 Å². The van der Waals surface area contributed by atoms with Crippen molar-refractivity contribution in [1.29, 1.82) is 0 Å². The van der Waals surface area contributed by atoms with Crippen molar-refractivity contribution in [2.75, 3.05) is 6.54 Å². The van der Waals surface area contributed by atoms with E-state index in [-0.39, 0.29) is 18.3 Å². The van der Waals surface area contributed by atoms with E-state index in [4.69, 9.17) is 44.0 Å². The number of rotatable bonds is 7. The summed E-state index contributed by atoms with van der Waals surface area (Å²) in [5, 5.41) is 7.87. The zero-order valence-electron chi connectivity index (χ0n) is 13.7. The van der Waals surface area contributed by atoms with Gasteiger partial charge in [-0.25, -0.2) is 0 Å². The number of benzene rings is 1. The van der Waals surface area contributed by atoms with Gasteiger partial charge in [-0.1, -0.05) is 34.8 Å². The van der Waals surface area contributed by atoms with E-state index < -0.39 is 0 Å². The van der Waals surface area contributed by atoms with Gasteiger partial charge in [0.2, 0.25) is 0 Å². The molecule has 0 bridgehead atoms. The molecule has 0 fully saturated rings. The van der Waals surface area contributed by atoms with E-state index in [2.05, 4.69) is 26.3 Å². The summed E-state index contributed by atoms with van der Waals surface area (Å²) in [4.78, 5) is 12.1. The molecule has 1 N–H and O–H groups in total. The molecule has 0 saturated carbocycles. The molecule has 1 aromatic carbocycles. The molecule has 0 aliphatic heterocycles. The minimum atomic E-state index is -0.324. The van der Waals surface area contributed by atoms with Gasteiger partial charge in [-0.05, 0) is 40.2 Å². The zero-order chi connectivity index (χ0) is 19.4. The predicted octanol–water partition coefficient (Wildman–Crippen LogP) is 5.21. The fourth-order valence-electron chi connectivity index (χ4n) is 2.22. The van der Waals surface area contributed by atoms with Crippen molar-refractivity contribution in [3.05, 3.63) is 67.7 Å². The molecule has 0 saturated heterocycles. The fraction of sp³-hybridized carbons (Fsp3) is 0.176. The molecule has 0 atom stereocenters. The average Bonchev–Trinajstić information content (AvgIpc) is 3.23. The van der Waals surface area contributed by atoms with Crippen LogP contribution in [0, 0.1) is 0 Å². The molecule has 1 amide bonds. The number of hydrogen-bond donors (Lipinski definition) is 1. The van der Waals surface area contributed by atoms with E-state index in [0.717, 1.165) is 4.47 Å². The highest BCUT2D eigenvalue weighted by atomic mass is 79.9. The first kappa shape index (κ1) is 20.1. The van der Waals surface area contributed by atoms with Crippen molar-refractivity contribution in [1.82, 2.24) is 15.1 Å². The van der Waals surface area contributed by atoms with Crippen molar-refractivity contribution < 1.29 is 13.9 Å². The molecule has 2 heterocycles. The maximum absolute atomic E-state index is 12.1. The molecule has 0 unspecified atom stereocenters. The number of carbonyl (C=O) groups is 1. The summed E-state index contributed by atoms with van der Waals surface area (Å²) in [7, 11) is 0. The van der Waals surface area contributed by atoms with E-state index in [1.165, 1.54) is 12.1 Å². The van der Waals surface area contributed by atoms with Crippen LogP contribution in [0.5, 0.6) is 5.75 Å². The first-order valence-corrected chi connectivity index (χ1v) is 9.67. The van der Waals surface area contributed by atoms with Gasteiger partial charge in [-0.2, -0.15) is 5.10 Å². The molecule has 0 aliphatic carbocycles. The van der Waals surface area contributed by atoms with Crippen LogP contribution in [0.3, 0.4) is 0 Å². The van der Waals surface area contributed by atoms with Gasteiger partial charge < -0.3 is 14.5 Å². The standard InChI is InChI=1S/C17H13BrCl3N3O3/c18-10-7-23-24(8-10)4-3-22-17(25)15-2-1-12(27-15)9-26-16-13(20)5-11(19)6-14(16)21/h1-2,5-8H,3-4,9H2,(H,22,25). The summed E-state index contributed by atoms with van der Waals surface area (Å²) in [6, 6.07) is 6.29. The predicted molar refractivity (Wildman–Crippen MR) is 107 cm³/mol. The Hall–Kier alpha value is -1.67. The Kier molecular flexibility index (Phi) is 6.70. The molecule has 3 aromatic rings. The molecule has 6 nitrogen and oxygen atoms in total. The summed E-state index contributed by atoms with van der Waals surface area (Å²) in [6.07, 6.45) is 3.50. The van der Waals surface area contributed by atoms with Crippen LogP contribution in [0.2, 0.25) is 15.1 Å². The first-order valence-electron chi connectivity index (χ1n) is 7.74. The van der Waals surface area contributed by atoms with Crippen LogP contribution in [0.4, 0.5) is 0 Å². The van der Waals surface area contributed by atoms with Gasteiger partial charge in [0.15, 0.2) is 11.5 Å². The number of nitrogens with zero attached hydrogens (tertiary/aromatic N) is 2. The summed E-state index contributed by atoms with van der Waals surface area (Å²) in [5.41, 5.74) is 0. The van der Waals surface area contributed by atoms with Crippen LogP contribution >= 0.6 is 50.7 Å². The Labute approximate surface area is 178 Å². The van der Waals surface area contributed by atoms with Crippen molar-refractivity contribution in [3.8, 4) is 5.75 Å². The van der Waals surface area contributed by atoms with Crippen molar-refractivity contribution >= 4 is 56.6 Å². The number of aromatic nitrogens is 2. The van der Waals surface area contributed by atoms with Gasteiger partial charge in [0.1, 0.15) is 12.4 Å². The highest BCUT2D eigenvalue weighted by Crippen LogP contribution is 2.36. The second-order valence-electron chi connectivity index (χ2n) is 5.43. The summed E-state index contributed by atoms with van der Waals surface area (Å²) >= 11 is 21.3. The van der Waals surface area contributed by atoms with Crippen molar-refractivity contribution in [2.24, 2.45) is 0 Å². The lowest BCUT2D eigenvalue weighted by atomic mass is 10.3. The summed E-state index contributed by atoms with van der Waals surface area (Å²) in [5.74, 6) is 0.618. The van der Waals surface area contributed by atoms with Crippen LogP contribution in [0.15, 0.2) is 45.5 Å². The first-order chi connectivity index (χ1) is 12.9. The maximum Gasteiger partial charge on any atom is 0.287 e. The van der Waals surface area contributed by atoms with Crippen LogP contribution in [0.1, 0.15) is 16.3 Å². The lowest BCUT2D eigenvalue weighted by molar-refractivity contribution is 0.0920. The van der Waals surface area contributed by atoms with Crippen molar-refractivity contribution in [3.63, 3.8) is 0 Å². The second-order valence-corrected chi connectivity index (χ2v) is 7.60. The zero-order valence-corrected chi connectivity index (χ0v) is 17.6. The molecule has 2 aromatic heterocycles. The number of carbonyl (C=O) groups excluding carboxylic acids is 1. The van der Waals surface area contributed by atoms with Crippen LogP contribution < -0.4 is 10.1 Å². The van der Waals surface area contributed by atoms with Gasteiger partial charge in [0.25, 0.3) is 5.91 Å². The lowest BCUT2D eigenvalue weighted by Crippen LogP contribution is -2.27. The van der Waals surface area contributed by atoms with E-state index in [1.54, 1.807) is 23.0 Å². The Morgan fingerprint density at radius 2 is 2.00 bits per heavy atom. The third-order valence-electron chi connectivity index (χ3n) is 3.44. The maximum atomic E-state index is 12.1. The van der Waals surface area contributed by atoms with Gasteiger partial charge in [0, 0.05) is 17.8 Å². The highest BCUT2D eigenvalue weighted by molar-refractivity contribution is 9.10. The Balaban J connectivity index is 1.52. The summed E-state index contributed by atoms with van der Waals surface area (Å²) < 4.78 is 13.7. The smallest absolute Gasteiger partial charge is 0.287 e. The van der Waals surface area contributed by atoms with Crippen molar-refractivity contribution in [2.45, 2.75) is 13.2 Å². The molecule has 0 aliphatic rings. The third kappa shape index (κ3) is 5.42. The number of nitrogens with one attached hydrogen (secondary N) is 1. The molecule has 0 radical (unpaired) electrons. The number of amides is 1. The molecule has 3 rings (SSSR count). The minimum Gasteiger partial charge on any atom is -0.483 e. The number of furan rings is 1. The molecule has 0 spiro atoms. The normalized spacial score (nSPS) is 10.8. The number of hydrogen-bond acceptors (Lipinski definition) is 4. The second kappa shape index (κ2) is 9.01. The van der Waals surface area contributed by atoms with Gasteiger partial charge >= 0.3 is 0 Å².